The van der Waals surface area contributed by atoms with E-state index < -0.39 is 0 Å². The van der Waals surface area contributed by atoms with Crippen LogP contribution in [0.25, 0.3) is 6.08 Å². The molecule has 0 saturated carbocycles. The lowest BCUT2D eigenvalue weighted by Gasteiger charge is -2.36. The van der Waals surface area contributed by atoms with Gasteiger partial charge in [0.25, 0.3) is 0 Å². The second-order valence-electron chi connectivity index (χ2n) is 5.88. The summed E-state index contributed by atoms with van der Waals surface area (Å²) in [5.41, 5.74) is 3.95. The SMILES string of the molecule is Cc1cccc(N2CCN(C(=O)/C=C/c3cccs3)CC2)c1C. The third-order valence-corrected chi connectivity index (χ3v) is 5.28. The molecule has 1 fully saturated rings. The molecule has 0 spiro atoms. The van der Waals surface area contributed by atoms with E-state index in [2.05, 4.69) is 36.9 Å². The van der Waals surface area contributed by atoms with Crippen LogP contribution in [0.1, 0.15) is 16.0 Å². The van der Waals surface area contributed by atoms with Gasteiger partial charge in [0.15, 0.2) is 0 Å². The summed E-state index contributed by atoms with van der Waals surface area (Å²) < 4.78 is 0. The zero-order valence-corrected chi connectivity index (χ0v) is 14.5. The van der Waals surface area contributed by atoms with Gasteiger partial charge in [-0.15, -0.1) is 11.3 Å². The van der Waals surface area contributed by atoms with Crippen LogP contribution in [0.5, 0.6) is 0 Å². The van der Waals surface area contributed by atoms with E-state index >= 15 is 0 Å². The van der Waals surface area contributed by atoms with Crippen LogP contribution in [0.4, 0.5) is 5.69 Å². The quantitative estimate of drug-likeness (QED) is 0.803. The Hall–Kier alpha value is -2.07. The molecular formula is C19H22N2OS. The zero-order chi connectivity index (χ0) is 16.2. The Bertz CT molecular complexity index is 698. The summed E-state index contributed by atoms with van der Waals surface area (Å²) in [5, 5.41) is 2.02. The summed E-state index contributed by atoms with van der Waals surface area (Å²) in [6.07, 6.45) is 3.60. The molecule has 23 heavy (non-hydrogen) atoms. The third kappa shape index (κ3) is 3.64. The highest BCUT2D eigenvalue weighted by atomic mass is 32.1. The molecule has 1 aliphatic heterocycles. The molecule has 0 unspecified atom stereocenters. The number of hydrogen-bond donors (Lipinski definition) is 0. The predicted octanol–water partition coefficient (Wildman–Crippen LogP) is 3.73. The summed E-state index contributed by atoms with van der Waals surface area (Å²) >= 11 is 1.65. The normalized spacial score (nSPS) is 15.4. The number of amides is 1. The van der Waals surface area contributed by atoms with Gasteiger partial charge in [0, 0.05) is 42.8 Å². The van der Waals surface area contributed by atoms with Crippen LogP contribution in [0.2, 0.25) is 0 Å². The van der Waals surface area contributed by atoms with Gasteiger partial charge in [0.1, 0.15) is 0 Å². The van der Waals surface area contributed by atoms with Crippen molar-refractivity contribution in [3.8, 4) is 0 Å². The molecule has 0 aliphatic carbocycles. The van der Waals surface area contributed by atoms with Gasteiger partial charge in [-0.2, -0.15) is 0 Å². The molecule has 120 valence electrons. The van der Waals surface area contributed by atoms with Crippen LogP contribution in [0.3, 0.4) is 0 Å². The van der Waals surface area contributed by atoms with Crippen molar-refractivity contribution in [1.82, 2.24) is 4.90 Å². The molecule has 1 amide bonds. The minimum absolute atomic E-state index is 0.110. The maximum absolute atomic E-state index is 12.3. The number of anilines is 1. The first-order valence-corrected chi connectivity index (χ1v) is 8.85. The average molecular weight is 326 g/mol. The van der Waals surface area contributed by atoms with Gasteiger partial charge in [-0.1, -0.05) is 18.2 Å². The molecule has 1 aromatic carbocycles. The number of piperazine rings is 1. The Labute approximate surface area is 141 Å². The fourth-order valence-corrected chi connectivity index (χ4v) is 3.51. The Balaban J connectivity index is 1.60. The summed E-state index contributed by atoms with van der Waals surface area (Å²) in [5.74, 6) is 0.110. The molecule has 4 heteroatoms. The molecule has 2 heterocycles. The number of hydrogen-bond acceptors (Lipinski definition) is 3. The molecule has 2 aromatic rings. The first kappa shape index (κ1) is 15.8. The van der Waals surface area contributed by atoms with E-state index in [0.717, 1.165) is 31.1 Å². The maximum atomic E-state index is 12.3. The molecule has 3 nitrogen and oxygen atoms in total. The van der Waals surface area contributed by atoms with Crippen LogP contribution >= 0.6 is 11.3 Å². The van der Waals surface area contributed by atoms with E-state index in [-0.39, 0.29) is 5.91 Å². The highest BCUT2D eigenvalue weighted by Crippen LogP contribution is 2.24. The fourth-order valence-electron chi connectivity index (χ4n) is 2.89. The number of rotatable bonds is 3. The van der Waals surface area contributed by atoms with Crippen molar-refractivity contribution in [2.24, 2.45) is 0 Å². The van der Waals surface area contributed by atoms with E-state index in [1.807, 2.05) is 28.5 Å². The molecule has 1 aromatic heterocycles. The number of nitrogens with zero attached hydrogens (tertiary/aromatic N) is 2. The van der Waals surface area contributed by atoms with Gasteiger partial charge in [-0.25, -0.2) is 0 Å². The van der Waals surface area contributed by atoms with Crippen molar-refractivity contribution in [1.29, 1.82) is 0 Å². The highest BCUT2D eigenvalue weighted by molar-refractivity contribution is 7.10. The van der Waals surface area contributed by atoms with Gasteiger partial charge in [0.2, 0.25) is 5.91 Å². The minimum atomic E-state index is 0.110. The number of carbonyl (C=O) groups is 1. The lowest BCUT2D eigenvalue weighted by atomic mass is 10.1. The van der Waals surface area contributed by atoms with Crippen LogP contribution in [0.15, 0.2) is 41.8 Å². The van der Waals surface area contributed by atoms with Crippen molar-refractivity contribution < 1.29 is 4.79 Å². The number of thiophene rings is 1. The van der Waals surface area contributed by atoms with Gasteiger partial charge in [-0.3, -0.25) is 4.79 Å². The molecule has 0 atom stereocenters. The average Bonchev–Trinajstić information content (AvgIpc) is 3.09. The summed E-state index contributed by atoms with van der Waals surface area (Å²) in [6, 6.07) is 10.5. The molecule has 0 bridgehead atoms. The molecule has 1 saturated heterocycles. The third-order valence-electron chi connectivity index (χ3n) is 4.44. The predicted molar refractivity (Wildman–Crippen MR) is 98.1 cm³/mol. The number of aryl methyl sites for hydroxylation is 1. The smallest absolute Gasteiger partial charge is 0.246 e. The molecule has 0 radical (unpaired) electrons. The van der Waals surface area contributed by atoms with E-state index in [0.29, 0.717) is 0 Å². The monoisotopic (exact) mass is 326 g/mol. The lowest BCUT2D eigenvalue weighted by Crippen LogP contribution is -2.48. The number of benzene rings is 1. The summed E-state index contributed by atoms with van der Waals surface area (Å²) in [6.45, 7) is 7.66. The van der Waals surface area contributed by atoms with Crippen molar-refractivity contribution in [3.63, 3.8) is 0 Å². The van der Waals surface area contributed by atoms with Crippen LogP contribution in [-0.2, 0) is 4.79 Å². The first-order chi connectivity index (χ1) is 11.1. The van der Waals surface area contributed by atoms with E-state index in [4.69, 9.17) is 0 Å². The van der Waals surface area contributed by atoms with Crippen LogP contribution in [0, 0.1) is 13.8 Å². The van der Waals surface area contributed by atoms with Crippen molar-refractivity contribution in [3.05, 3.63) is 57.8 Å². The molecule has 1 aliphatic rings. The van der Waals surface area contributed by atoms with Crippen molar-refractivity contribution in [2.45, 2.75) is 13.8 Å². The van der Waals surface area contributed by atoms with E-state index in [1.54, 1.807) is 17.4 Å². The first-order valence-electron chi connectivity index (χ1n) is 7.97. The summed E-state index contributed by atoms with van der Waals surface area (Å²) in [7, 11) is 0. The zero-order valence-electron chi connectivity index (χ0n) is 13.7. The second kappa shape index (κ2) is 7.01. The van der Waals surface area contributed by atoms with Crippen LogP contribution in [-0.4, -0.2) is 37.0 Å². The minimum Gasteiger partial charge on any atom is -0.368 e. The van der Waals surface area contributed by atoms with Crippen LogP contribution < -0.4 is 4.90 Å². The lowest BCUT2D eigenvalue weighted by molar-refractivity contribution is -0.126. The Morgan fingerprint density at radius 2 is 1.87 bits per heavy atom. The van der Waals surface area contributed by atoms with Gasteiger partial charge in [-0.05, 0) is 48.6 Å². The van der Waals surface area contributed by atoms with Gasteiger partial charge < -0.3 is 9.80 Å². The Morgan fingerprint density at radius 3 is 2.57 bits per heavy atom. The van der Waals surface area contributed by atoms with Crippen molar-refractivity contribution in [2.75, 3.05) is 31.1 Å². The van der Waals surface area contributed by atoms with E-state index in [9.17, 15) is 4.79 Å². The molecule has 0 N–H and O–H groups in total. The largest absolute Gasteiger partial charge is 0.368 e. The maximum Gasteiger partial charge on any atom is 0.246 e. The van der Waals surface area contributed by atoms with Gasteiger partial charge >= 0.3 is 0 Å². The second-order valence-corrected chi connectivity index (χ2v) is 6.86. The number of carbonyl (C=O) groups excluding carboxylic acids is 1. The van der Waals surface area contributed by atoms with E-state index in [1.165, 1.54) is 16.8 Å². The standard InChI is InChI=1S/C19H22N2OS/c1-15-5-3-7-18(16(15)2)20-10-12-21(13-11-20)19(22)9-8-17-6-4-14-23-17/h3-9,14H,10-13H2,1-2H3/b9-8+. The van der Waals surface area contributed by atoms with Crippen molar-refractivity contribution >= 4 is 29.0 Å². The summed E-state index contributed by atoms with van der Waals surface area (Å²) in [4.78, 5) is 17.7. The fraction of sp³-hybridized carbons (Fsp3) is 0.316. The molecular weight excluding hydrogens is 304 g/mol. The Morgan fingerprint density at radius 1 is 1.09 bits per heavy atom. The molecule has 3 rings (SSSR count). The Kier molecular flexibility index (Phi) is 4.82. The topological polar surface area (TPSA) is 23.6 Å². The van der Waals surface area contributed by atoms with Gasteiger partial charge in [0.05, 0.1) is 0 Å². The highest BCUT2D eigenvalue weighted by Gasteiger charge is 2.20.